The molecule has 0 spiro atoms. The molecule has 0 heterocycles. The molecule has 0 atom stereocenters. The van der Waals surface area contributed by atoms with Gasteiger partial charge < -0.3 is 10.5 Å². The summed E-state index contributed by atoms with van der Waals surface area (Å²) >= 11 is 0. The first-order valence-electron chi connectivity index (χ1n) is 4.12. The zero-order chi connectivity index (χ0) is 12.8. The van der Waals surface area contributed by atoms with Crippen molar-refractivity contribution in [1.82, 2.24) is 5.43 Å². The van der Waals surface area contributed by atoms with Gasteiger partial charge in [-0.05, 0) is 6.92 Å². The average molecular weight is 241 g/mol. The van der Waals surface area contributed by atoms with Gasteiger partial charge in [-0.15, -0.1) is 0 Å². The van der Waals surface area contributed by atoms with Gasteiger partial charge in [0.1, 0.15) is 0 Å². The van der Waals surface area contributed by atoms with Gasteiger partial charge in [-0.25, -0.2) is 10.2 Å². The summed E-state index contributed by atoms with van der Waals surface area (Å²) in [4.78, 5) is 21.0. The first-order valence-corrected chi connectivity index (χ1v) is 4.12. The van der Waals surface area contributed by atoms with E-state index < -0.39 is 30.3 Å². The van der Waals surface area contributed by atoms with Crippen LogP contribution in [0, 0.1) is 0 Å². The summed E-state index contributed by atoms with van der Waals surface area (Å²) in [5.41, 5.74) is 4.45. The zero-order valence-electron chi connectivity index (χ0n) is 8.30. The Balaban J connectivity index is 4.63. The van der Waals surface area contributed by atoms with Crippen LogP contribution in [0.1, 0.15) is 13.3 Å². The number of hydrazone groups is 1. The number of alkyl halides is 3. The van der Waals surface area contributed by atoms with Crippen molar-refractivity contribution in [3.05, 3.63) is 0 Å². The number of nitrogens with zero attached hydrogens (tertiary/aromatic N) is 1. The summed E-state index contributed by atoms with van der Waals surface area (Å²) in [5.74, 6) is -1.09. The Morgan fingerprint density at radius 2 is 2.00 bits per heavy atom. The molecule has 0 rings (SSSR count). The summed E-state index contributed by atoms with van der Waals surface area (Å²) in [6.07, 6.45) is -5.92. The fraction of sp³-hybridized carbons (Fsp3) is 0.571. The van der Waals surface area contributed by atoms with Crippen LogP contribution in [0.15, 0.2) is 5.10 Å². The lowest BCUT2D eigenvalue weighted by Gasteiger charge is -2.09. The fourth-order valence-electron chi connectivity index (χ4n) is 0.674. The minimum Gasteiger partial charge on any atom is -0.466 e. The van der Waals surface area contributed by atoms with Gasteiger partial charge in [-0.3, -0.25) is 4.79 Å². The first kappa shape index (κ1) is 14.2. The Bertz CT molecular complexity index is 301. The van der Waals surface area contributed by atoms with Crippen molar-refractivity contribution in [2.75, 3.05) is 6.61 Å². The Hall–Kier alpha value is -1.80. The smallest absolute Gasteiger partial charge is 0.431 e. The lowest BCUT2D eigenvalue weighted by atomic mass is 10.2. The number of nitrogens with one attached hydrogen (secondary N) is 1. The van der Waals surface area contributed by atoms with Gasteiger partial charge >= 0.3 is 18.2 Å². The molecule has 2 amide bonds. The molecule has 0 fully saturated rings. The van der Waals surface area contributed by atoms with Crippen molar-refractivity contribution in [3.8, 4) is 0 Å². The van der Waals surface area contributed by atoms with Crippen molar-refractivity contribution in [2.45, 2.75) is 19.5 Å². The molecule has 0 saturated heterocycles. The standard InChI is InChI=1S/C7H10F3N3O3/c1-2-16-5(14)3-4(7(8,9)10)12-13-6(11)15/h2-3H2,1H3,(H3,11,13,15). The van der Waals surface area contributed by atoms with E-state index in [1.165, 1.54) is 12.3 Å². The predicted octanol–water partition coefficient (Wildman–Crippen LogP) is 0.526. The van der Waals surface area contributed by atoms with Gasteiger partial charge in [-0.1, -0.05) is 0 Å². The molecule has 3 N–H and O–H groups in total. The van der Waals surface area contributed by atoms with Gasteiger partial charge in [0.15, 0.2) is 5.71 Å². The number of esters is 1. The molecule has 0 bridgehead atoms. The van der Waals surface area contributed by atoms with E-state index in [4.69, 9.17) is 0 Å². The highest BCUT2D eigenvalue weighted by Gasteiger charge is 2.37. The highest BCUT2D eigenvalue weighted by Crippen LogP contribution is 2.19. The number of hydrogen-bond donors (Lipinski definition) is 2. The number of carbonyl (C=O) groups is 2. The Morgan fingerprint density at radius 1 is 1.44 bits per heavy atom. The summed E-state index contributed by atoms with van der Waals surface area (Å²) in [6.45, 7) is 1.40. The molecule has 0 unspecified atom stereocenters. The van der Waals surface area contributed by atoms with Crippen LogP contribution in [-0.4, -0.2) is 30.5 Å². The minimum absolute atomic E-state index is 0.0484. The molecule has 92 valence electrons. The third kappa shape index (κ3) is 5.83. The van der Waals surface area contributed by atoms with Crippen LogP contribution in [0.2, 0.25) is 0 Å². The van der Waals surface area contributed by atoms with E-state index in [2.05, 4.69) is 15.6 Å². The largest absolute Gasteiger partial charge is 0.466 e. The Labute approximate surface area is 88.6 Å². The molecule has 6 nitrogen and oxygen atoms in total. The molecule has 0 saturated carbocycles. The molecule has 0 aliphatic carbocycles. The van der Waals surface area contributed by atoms with Gasteiger partial charge in [-0.2, -0.15) is 18.3 Å². The molecule has 0 radical (unpaired) electrons. The third-order valence-corrected chi connectivity index (χ3v) is 1.25. The van der Waals surface area contributed by atoms with E-state index in [-0.39, 0.29) is 6.61 Å². The number of nitrogens with two attached hydrogens (primary N) is 1. The number of hydrogen-bond acceptors (Lipinski definition) is 4. The number of primary amides is 1. The molecule has 9 heteroatoms. The SMILES string of the molecule is CCOC(=O)CC(=NNC(N)=O)C(F)(F)F. The maximum atomic E-state index is 12.2. The van der Waals surface area contributed by atoms with Gasteiger partial charge in [0.05, 0.1) is 13.0 Å². The molecule has 0 aromatic heterocycles. The second kappa shape index (κ2) is 5.93. The van der Waals surface area contributed by atoms with Crippen LogP contribution >= 0.6 is 0 Å². The van der Waals surface area contributed by atoms with Crippen molar-refractivity contribution in [1.29, 1.82) is 0 Å². The average Bonchev–Trinajstić information content (AvgIpc) is 2.10. The fourth-order valence-corrected chi connectivity index (χ4v) is 0.674. The van der Waals surface area contributed by atoms with Gasteiger partial charge in [0.25, 0.3) is 0 Å². The van der Waals surface area contributed by atoms with Crippen LogP contribution in [0.25, 0.3) is 0 Å². The van der Waals surface area contributed by atoms with Crippen molar-refractivity contribution < 1.29 is 27.5 Å². The second-order valence-electron chi connectivity index (χ2n) is 2.51. The van der Waals surface area contributed by atoms with E-state index in [0.717, 1.165) is 0 Å². The quantitative estimate of drug-likeness (QED) is 0.427. The highest BCUT2D eigenvalue weighted by atomic mass is 19.4. The van der Waals surface area contributed by atoms with Crippen LogP contribution in [0.5, 0.6) is 0 Å². The minimum atomic E-state index is -4.84. The summed E-state index contributed by atoms with van der Waals surface area (Å²) < 4.78 is 41.0. The van der Waals surface area contributed by atoms with E-state index in [1.54, 1.807) is 0 Å². The summed E-state index contributed by atoms with van der Waals surface area (Å²) in [5, 5.41) is 2.68. The maximum Gasteiger partial charge on any atom is 0.431 e. The molecular weight excluding hydrogens is 231 g/mol. The van der Waals surface area contributed by atoms with Crippen LogP contribution in [0.3, 0.4) is 0 Å². The van der Waals surface area contributed by atoms with E-state index in [1.807, 2.05) is 0 Å². The van der Waals surface area contributed by atoms with Crippen LogP contribution < -0.4 is 11.2 Å². The summed E-state index contributed by atoms with van der Waals surface area (Å²) in [6, 6.07) is -1.26. The topological polar surface area (TPSA) is 93.8 Å². The van der Waals surface area contributed by atoms with E-state index in [0.29, 0.717) is 0 Å². The van der Waals surface area contributed by atoms with Crippen molar-refractivity contribution >= 4 is 17.7 Å². The number of ether oxygens (including phenoxy) is 1. The molecule has 0 aromatic carbocycles. The lowest BCUT2D eigenvalue weighted by Crippen LogP contribution is -2.32. The maximum absolute atomic E-state index is 12.2. The number of carbonyl (C=O) groups excluding carboxylic acids is 2. The van der Waals surface area contributed by atoms with E-state index >= 15 is 0 Å². The monoisotopic (exact) mass is 241 g/mol. The van der Waals surface area contributed by atoms with Gasteiger partial charge in [0, 0.05) is 0 Å². The molecule has 0 aliphatic heterocycles. The van der Waals surface area contributed by atoms with Crippen molar-refractivity contribution in [2.24, 2.45) is 10.8 Å². The second-order valence-corrected chi connectivity index (χ2v) is 2.51. The first-order chi connectivity index (χ1) is 7.27. The Morgan fingerprint density at radius 3 is 2.38 bits per heavy atom. The lowest BCUT2D eigenvalue weighted by molar-refractivity contribution is -0.142. The normalized spacial score (nSPS) is 12.1. The van der Waals surface area contributed by atoms with Crippen molar-refractivity contribution in [3.63, 3.8) is 0 Å². The number of urea groups is 1. The Kier molecular flexibility index (Phi) is 5.26. The zero-order valence-corrected chi connectivity index (χ0v) is 8.30. The van der Waals surface area contributed by atoms with E-state index in [9.17, 15) is 22.8 Å². The molecule has 16 heavy (non-hydrogen) atoms. The van der Waals surface area contributed by atoms with Crippen LogP contribution in [0.4, 0.5) is 18.0 Å². The highest BCUT2D eigenvalue weighted by molar-refractivity contribution is 6.02. The molecule has 0 aliphatic rings. The number of amides is 2. The molecule has 0 aromatic rings. The van der Waals surface area contributed by atoms with Crippen LogP contribution in [-0.2, 0) is 9.53 Å². The predicted molar refractivity (Wildman–Crippen MR) is 47.5 cm³/mol. The van der Waals surface area contributed by atoms with Gasteiger partial charge in [0.2, 0.25) is 0 Å². The third-order valence-electron chi connectivity index (χ3n) is 1.25. The summed E-state index contributed by atoms with van der Waals surface area (Å²) in [7, 11) is 0. The number of halogens is 3. The molecular formula is C7H10F3N3O3. The number of rotatable bonds is 4.